The van der Waals surface area contributed by atoms with E-state index in [2.05, 4.69) is 5.32 Å². The summed E-state index contributed by atoms with van der Waals surface area (Å²) in [4.78, 5) is 28.4. The van der Waals surface area contributed by atoms with Gasteiger partial charge in [0.1, 0.15) is 11.5 Å². The predicted molar refractivity (Wildman–Crippen MR) is 116 cm³/mol. The van der Waals surface area contributed by atoms with E-state index in [9.17, 15) is 9.59 Å². The summed E-state index contributed by atoms with van der Waals surface area (Å²) in [7, 11) is 4.85. The van der Waals surface area contributed by atoms with Crippen molar-refractivity contribution in [3.8, 4) is 11.5 Å². The molecule has 1 fully saturated rings. The SMILES string of the molecule is COCCCNC(=O)[C@@H]1CN(C(=O)c2cccs2)C[C@@H]1c1cc(OC)ccc1OC. The van der Waals surface area contributed by atoms with Crippen molar-refractivity contribution < 1.29 is 23.8 Å². The van der Waals surface area contributed by atoms with E-state index in [-0.39, 0.29) is 23.7 Å². The monoisotopic (exact) mass is 432 g/mol. The Kier molecular flexibility index (Phi) is 7.70. The molecule has 1 N–H and O–H groups in total. The van der Waals surface area contributed by atoms with Gasteiger partial charge in [-0.1, -0.05) is 6.07 Å². The number of benzene rings is 1. The molecule has 0 spiro atoms. The number of ether oxygens (including phenoxy) is 3. The molecule has 1 aliphatic heterocycles. The smallest absolute Gasteiger partial charge is 0.263 e. The topological polar surface area (TPSA) is 77.1 Å². The molecular formula is C22H28N2O5S. The van der Waals surface area contributed by atoms with Gasteiger partial charge >= 0.3 is 0 Å². The molecule has 3 rings (SSSR count). The average Bonchev–Trinajstić information content (AvgIpc) is 3.46. The lowest BCUT2D eigenvalue weighted by Gasteiger charge is -2.21. The van der Waals surface area contributed by atoms with Gasteiger partial charge in [0.25, 0.3) is 5.91 Å². The number of amides is 2. The van der Waals surface area contributed by atoms with Crippen LogP contribution >= 0.6 is 11.3 Å². The zero-order valence-electron chi connectivity index (χ0n) is 17.6. The molecule has 0 bridgehead atoms. The molecule has 7 nitrogen and oxygen atoms in total. The number of hydrogen-bond acceptors (Lipinski definition) is 6. The van der Waals surface area contributed by atoms with E-state index in [4.69, 9.17) is 14.2 Å². The second-order valence-electron chi connectivity index (χ2n) is 7.15. The van der Waals surface area contributed by atoms with Gasteiger partial charge in [-0.25, -0.2) is 0 Å². The van der Waals surface area contributed by atoms with Crippen LogP contribution < -0.4 is 14.8 Å². The largest absolute Gasteiger partial charge is 0.497 e. The first-order valence-corrected chi connectivity index (χ1v) is 10.8. The second-order valence-corrected chi connectivity index (χ2v) is 8.09. The van der Waals surface area contributed by atoms with Gasteiger partial charge in [0.15, 0.2) is 0 Å². The van der Waals surface area contributed by atoms with Crippen LogP contribution in [0.1, 0.15) is 27.6 Å². The first-order valence-electron chi connectivity index (χ1n) is 9.90. The predicted octanol–water partition coefficient (Wildman–Crippen LogP) is 2.77. The highest BCUT2D eigenvalue weighted by atomic mass is 32.1. The molecule has 2 aromatic rings. The fourth-order valence-corrected chi connectivity index (χ4v) is 4.49. The third-order valence-electron chi connectivity index (χ3n) is 5.34. The summed E-state index contributed by atoms with van der Waals surface area (Å²) >= 11 is 1.41. The summed E-state index contributed by atoms with van der Waals surface area (Å²) in [6.45, 7) is 1.92. The third kappa shape index (κ3) is 4.94. The summed E-state index contributed by atoms with van der Waals surface area (Å²) < 4.78 is 16.0. The van der Waals surface area contributed by atoms with Crippen molar-refractivity contribution in [3.05, 3.63) is 46.2 Å². The van der Waals surface area contributed by atoms with Gasteiger partial charge in [-0.2, -0.15) is 0 Å². The first-order chi connectivity index (χ1) is 14.6. The zero-order valence-corrected chi connectivity index (χ0v) is 18.4. The number of rotatable bonds is 9. The summed E-state index contributed by atoms with van der Waals surface area (Å²) in [5.41, 5.74) is 0.871. The van der Waals surface area contributed by atoms with Crippen LogP contribution in [0.2, 0.25) is 0 Å². The highest BCUT2D eigenvalue weighted by molar-refractivity contribution is 7.12. The zero-order chi connectivity index (χ0) is 21.5. The maximum Gasteiger partial charge on any atom is 0.263 e. The molecule has 162 valence electrons. The van der Waals surface area contributed by atoms with Crippen LogP contribution in [0.4, 0.5) is 0 Å². The molecular weight excluding hydrogens is 404 g/mol. The number of nitrogens with one attached hydrogen (secondary N) is 1. The Labute approximate surface area is 180 Å². The standard InChI is InChI=1S/C22H28N2O5S/c1-27-10-5-9-23-21(25)18-14-24(22(26)20-6-4-11-30-20)13-17(18)16-12-15(28-2)7-8-19(16)29-3/h4,6-8,11-12,17-18H,5,9-10,13-14H2,1-3H3,(H,23,25)/t17-,18-/m1/s1. The molecule has 0 radical (unpaired) electrons. The Morgan fingerprint density at radius 2 is 2.00 bits per heavy atom. The number of methoxy groups -OCH3 is 3. The molecule has 8 heteroatoms. The molecule has 1 aromatic carbocycles. The minimum Gasteiger partial charge on any atom is -0.497 e. The van der Waals surface area contributed by atoms with E-state index < -0.39 is 0 Å². The van der Waals surface area contributed by atoms with Gasteiger partial charge in [0.2, 0.25) is 5.91 Å². The van der Waals surface area contributed by atoms with Gasteiger partial charge in [0, 0.05) is 44.8 Å². The van der Waals surface area contributed by atoms with Crippen molar-refractivity contribution in [2.45, 2.75) is 12.3 Å². The van der Waals surface area contributed by atoms with Crippen LogP contribution in [0.15, 0.2) is 35.7 Å². The van der Waals surface area contributed by atoms with Crippen LogP contribution in [0.3, 0.4) is 0 Å². The van der Waals surface area contributed by atoms with Crippen molar-refractivity contribution in [2.75, 3.05) is 47.6 Å². The van der Waals surface area contributed by atoms with Crippen LogP contribution in [0, 0.1) is 5.92 Å². The fourth-order valence-electron chi connectivity index (χ4n) is 3.79. The van der Waals surface area contributed by atoms with Gasteiger partial charge < -0.3 is 24.4 Å². The molecule has 1 saturated heterocycles. The summed E-state index contributed by atoms with van der Waals surface area (Å²) in [5.74, 6) is 0.685. The van der Waals surface area contributed by atoms with Gasteiger partial charge in [-0.3, -0.25) is 9.59 Å². The van der Waals surface area contributed by atoms with Crippen molar-refractivity contribution >= 4 is 23.2 Å². The molecule has 0 aliphatic carbocycles. The number of likely N-dealkylation sites (tertiary alicyclic amines) is 1. The molecule has 1 aromatic heterocycles. The quantitative estimate of drug-likeness (QED) is 0.617. The molecule has 2 amide bonds. The third-order valence-corrected chi connectivity index (χ3v) is 6.19. The molecule has 2 heterocycles. The summed E-state index contributed by atoms with van der Waals surface area (Å²) in [6.07, 6.45) is 0.736. The van der Waals surface area contributed by atoms with Crippen molar-refractivity contribution in [2.24, 2.45) is 5.92 Å². The second kappa shape index (κ2) is 10.4. The highest BCUT2D eigenvalue weighted by Crippen LogP contribution is 2.40. The van der Waals surface area contributed by atoms with Crippen LogP contribution in [-0.2, 0) is 9.53 Å². The minimum atomic E-state index is -0.377. The Balaban J connectivity index is 1.87. The lowest BCUT2D eigenvalue weighted by atomic mass is 9.87. The van der Waals surface area contributed by atoms with E-state index in [1.54, 1.807) is 26.2 Å². The summed E-state index contributed by atoms with van der Waals surface area (Å²) in [5, 5.41) is 4.87. The van der Waals surface area contributed by atoms with E-state index in [1.807, 2.05) is 35.7 Å². The first kappa shape index (κ1) is 22.1. The Bertz CT molecular complexity index is 855. The van der Waals surface area contributed by atoms with Crippen LogP contribution in [0.5, 0.6) is 11.5 Å². The van der Waals surface area contributed by atoms with Crippen LogP contribution in [0.25, 0.3) is 0 Å². The average molecular weight is 433 g/mol. The maximum atomic E-state index is 13.0. The van der Waals surface area contributed by atoms with Crippen molar-refractivity contribution in [1.29, 1.82) is 0 Å². The fraction of sp³-hybridized carbons (Fsp3) is 0.455. The summed E-state index contributed by atoms with van der Waals surface area (Å²) in [6, 6.07) is 9.23. The Morgan fingerprint density at radius 1 is 1.17 bits per heavy atom. The van der Waals surface area contributed by atoms with E-state index in [0.29, 0.717) is 42.6 Å². The van der Waals surface area contributed by atoms with Crippen molar-refractivity contribution in [1.82, 2.24) is 10.2 Å². The minimum absolute atomic E-state index is 0.0495. The number of hydrogen-bond donors (Lipinski definition) is 1. The van der Waals surface area contributed by atoms with E-state index >= 15 is 0 Å². The van der Waals surface area contributed by atoms with E-state index in [1.165, 1.54) is 11.3 Å². The van der Waals surface area contributed by atoms with Crippen molar-refractivity contribution in [3.63, 3.8) is 0 Å². The maximum absolute atomic E-state index is 13.0. The normalized spacial score (nSPS) is 18.3. The van der Waals surface area contributed by atoms with E-state index in [0.717, 1.165) is 12.0 Å². The Morgan fingerprint density at radius 3 is 2.67 bits per heavy atom. The Hall–Kier alpha value is -2.58. The van der Waals surface area contributed by atoms with Gasteiger partial charge in [-0.15, -0.1) is 11.3 Å². The number of carbonyl (C=O) groups excluding carboxylic acids is 2. The highest BCUT2D eigenvalue weighted by Gasteiger charge is 2.42. The molecule has 2 atom stereocenters. The van der Waals surface area contributed by atoms with Gasteiger partial charge in [-0.05, 0) is 36.1 Å². The lowest BCUT2D eigenvalue weighted by molar-refractivity contribution is -0.125. The lowest BCUT2D eigenvalue weighted by Crippen LogP contribution is -2.36. The molecule has 0 unspecified atom stereocenters. The van der Waals surface area contributed by atoms with Gasteiger partial charge in [0.05, 0.1) is 25.0 Å². The number of carbonyl (C=O) groups is 2. The molecule has 30 heavy (non-hydrogen) atoms. The number of thiophene rings is 1. The number of nitrogens with zero attached hydrogens (tertiary/aromatic N) is 1. The molecule has 0 saturated carbocycles. The van der Waals surface area contributed by atoms with Crippen LogP contribution in [-0.4, -0.2) is 64.3 Å². The molecule has 1 aliphatic rings.